The number of carbonyl (C=O) groups is 3. The highest BCUT2D eigenvalue weighted by Gasteiger charge is 2.49. The molecule has 3 aromatic heterocycles. The Morgan fingerprint density at radius 3 is 1.91 bits per heavy atom. The lowest BCUT2D eigenvalue weighted by molar-refractivity contribution is -0.124. The molecule has 2 aliphatic heterocycles. The summed E-state index contributed by atoms with van der Waals surface area (Å²) < 4.78 is 0.956. The third-order valence-electron chi connectivity index (χ3n) is 7.80. The van der Waals surface area contributed by atoms with Gasteiger partial charge in [-0.05, 0) is 77.8 Å². The van der Waals surface area contributed by atoms with Gasteiger partial charge in [0.05, 0.1) is 41.0 Å². The van der Waals surface area contributed by atoms with Crippen LogP contribution in [-0.4, -0.2) is 64.3 Å². The van der Waals surface area contributed by atoms with Gasteiger partial charge in [-0.2, -0.15) is 0 Å². The minimum Gasteiger partial charge on any atom is -0.435 e. The second-order valence-electron chi connectivity index (χ2n) is 11.1. The summed E-state index contributed by atoms with van der Waals surface area (Å²) in [6.45, 7) is 5.40. The summed E-state index contributed by atoms with van der Waals surface area (Å²) in [7, 11) is -1.56. The van der Waals surface area contributed by atoms with Gasteiger partial charge >= 0.3 is 0 Å². The molecule has 1 N–H and O–H groups in total. The van der Waals surface area contributed by atoms with Crippen molar-refractivity contribution in [3.05, 3.63) is 66.0 Å². The van der Waals surface area contributed by atoms with Crippen molar-refractivity contribution in [1.82, 2.24) is 9.80 Å². The van der Waals surface area contributed by atoms with Crippen molar-refractivity contribution in [1.29, 1.82) is 0 Å². The molecule has 12 heteroatoms. The van der Waals surface area contributed by atoms with Crippen LogP contribution in [0.5, 0.6) is 0 Å². The molecule has 2 amide bonds. The molecule has 0 radical (unpaired) electrons. The lowest BCUT2D eigenvalue weighted by Crippen LogP contribution is -2.30. The summed E-state index contributed by atoms with van der Waals surface area (Å²) in [5.74, 6) is -0.184. The van der Waals surface area contributed by atoms with Gasteiger partial charge in [0.1, 0.15) is 0 Å². The van der Waals surface area contributed by atoms with Crippen LogP contribution in [0.4, 0.5) is 0 Å². The van der Waals surface area contributed by atoms with Crippen LogP contribution in [0.25, 0.3) is 21.1 Å². The SMILES string of the molecule is C[SiH2]CCCCCN1C(=O)C2=C(c3ccc(Br)s3)N(CCCCC[SiH](C)O)C(=O)C2=C1c1ccc(-c2ccc(C=O)s2)s1. The number of hydrogen-bond acceptors (Lipinski definition) is 7. The van der Waals surface area contributed by atoms with E-state index in [1.165, 1.54) is 23.8 Å². The van der Waals surface area contributed by atoms with E-state index < -0.39 is 9.04 Å². The first-order valence-corrected chi connectivity index (χ1v) is 23.2. The minimum absolute atomic E-state index is 0.0285. The molecule has 0 fully saturated rings. The summed E-state index contributed by atoms with van der Waals surface area (Å²) >= 11 is 8.15. The van der Waals surface area contributed by atoms with Crippen molar-refractivity contribution in [3.8, 4) is 9.75 Å². The number of fused-ring (bicyclic) bond motifs is 1. The molecule has 0 aromatic carbocycles. The van der Waals surface area contributed by atoms with Crippen LogP contribution in [0.3, 0.4) is 0 Å². The van der Waals surface area contributed by atoms with E-state index in [2.05, 4.69) is 22.5 Å². The summed E-state index contributed by atoms with van der Waals surface area (Å²) in [6.07, 6.45) is 6.74. The van der Waals surface area contributed by atoms with E-state index in [4.69, 9.17) is 0 Å². The average Bonchev–Trinajstić information content (AvgIpc) is 3.81. The maximum atomic E-state index is 14.3. The molecule has 0 saturated carbocycles. The molecule has 3 aromatic rings. The third-order valence-corrected chi connectivity index (χ3v) is 14.2. The average molecular weight is 734 g/mol. The molecule has 0 aliphatic carbocycles. The Balaban J connectivity index is 1.54. The lowest BCUT2D eigenvalue weighted by Gasteiger charge is -2.24. The number of nitrogens with zero attached hydrogens (tertiary/aromatic N) is 2. The number of thiophene rings is 3. The Bertz CT molecular complexity index is 1560. The van der Waals surface area contributed by atoms with Crippen LogP contribution < -0.4 is 0 Å². The zero-order valence-electron chi connectivity index (χ0n) is 24.6. The normalized spacial score (nSPS) is 16.1. The van der Waals surface area contributed by atoms with Gasteiger partial charge in [0, 0.05) is 32.4 Å². The van der Waals surface area contributed by atoms with Crippen molar-refractivity contribution < 1.29 is 19.2 Å². The fourth-order valence-electron chi connectivity index (χ4n) is 5.68. The zero-order chi connectivity index (χ0) is 30.5. The predicted octanol–water partition coefficient (Wildman–Crippen LogP) is 7.24. The summed E-state index contributed by atoms with van der Waals surface area (Å²) in [4.78, 5) is 58.0. The first-order chi connectivity index (χ1) is 20.8. The van der Waals surface area contributed by atoms with Gasteiger partial charge in [0.2, 0.25) is 0 Å². The van der Waals surface area contributed by atoms with E-state index in [0.29, 0.717) is 29.1 Å². The number of amides is 2. The zero-order valence-corrected chi connectivity index (χ0v) is 31.2. The highest BCUT2D eigenvalue weighted by atomic mass is 79.9. The number of unbranched alkanes of at least 4 members (excludes halogenated alkanes) is 4. The topological polar surface area (TPSA) is 77.9 Å². The van der Waals surface area contributed by atoms with Gasteiger partial charge < -0.3 is 14.6 Å². The quantitative estimate of drug-likeness (QED) is 0.0957. The summed E-state index contributed by atoms with van der Waals surface area (Å²) in [5, 5.41) is 0. The van der Waals surface area contributed by atoms with Gasteiger partial charge in [0.25, 0.3) is 11.8 Å². The second-order valence-corrected chi connectivity index (χ2v) is 19.7. The van der Waals surface area contributed by atoms with Crippen molar-refractivity contribution >= 4 is 98.0 Å². The standard InChI is InChI=1S/C31H37BrN2O4S3Si2/c1-42-17-7-3-5-15-33-28(23-12-11-22(40-23)21-10-9-20(19-35)39-21)26-27(31(33)37)29(24-13-14-25(32)41-24)34(30(26)36)16-6-4-8-18-43(2)38/h9-14,19,38,43H,3-8,15-18,42H2,1-2H3. The van der Waals surface area contributed by atoms with Crippen LogP contribution in [-0.2, 0) is 9.59 Å². The van der Waals surface area contributed by atoms with Crippen LogP contribution in [0.15, 0.2) is 51.3 Å². The maximum absolute atomic E-state index is 14.3. The molecule has 0 spiro atoms. The van der Waals surface area contributed by atoms with Gasteiger partial charge in [-0.1, -0.05) is 38.3 Å². The van der Waals surface area contributed by atoms with Crippen molar-refractivity contribution in [2.45, 2.75) is 63.7 Å². The van der Waals surface area contributed by atoms with E-state index in [-0.39, 0.29) is 21.3 Å². The summed E-state index contributed by atoms with van der Waals surface area (Å²) in [5.41, 5.74) is 2.51. The Hall–Kier alpha value is -1.94. The largest absolute Gasteiger partial charge is 0.435 e. The fraction of sp³-hybridized carbons (Fsp3) is 0.387. The highest BCUT2D eigenvalue weighted by Crippen LogP contribution is 2.50. The van der Waals surface area contributed by atoms with Crippen LogP contribution >= 0.6 is 49.9 Å². The number of halogens is 1. The molecule has 5 heterocycles. The maximum Gasteiger partial charge on any atom is 0.261 e. The second kappa shape index (κ2) is 14.9. The number of hydrogen-bond donors (Lipinski definition) is 1. The van der Waals surface area contributed by atoms with E-state index >= 15 is 0 Å². The monoisotopic (exact) mass is 732 g/mol. The predicted molar refractivity (Wildman–Crippen MR) is 189 cm³/mol. The first kappa shape index (κ1) is 32.5. The third kappa shape index (κ3) is 7.16. The Morgan fingerprint density at radius 2 is 1.35 bits per heavy atom. The molecular weight excluding hydrogens is 697 g/mol. The van der Waals surface area contributed by atoms with Gasteiger partial charge in [-0.3, -0.25) is 14.4 Å². The minimum atomic E-state index is -1.59. The van der Waals surface area contributed by atoms with Crippen LogP contribution in [0.2, 0.25) is 25.2 Å². The Labute approximate surface area is 277 Å². The fourth-order valence-corrected chi connectivity index (χ4v) is 10.8. The van der Waals surface area contributed by atoms with E-state index in [1.54, 1.807) is 22.7 Å². The van der Waals surface area contributed by atoms with Crippen LogP contribution in [0, 0.1) is 0 Å². The van der Waals surface area contributed by atoms with Crippen LogP contribution in [0.1, 0.15) is 58.0 Å². The number of carbonyl (C=O) groups excluding carboxylic acids is 3. The molecule has 5 rings (SSSR count). The Morgan fingerprint density at radius 1 is 0.791 bits per heavy atom. The van der Waals surface area contributed by atoms with Crippen molar-refractivity contribution in [2.24, 2.45) is 0 Å². The number of rotatable bonds is 16. The molecule has 43 heavy (non-hydrogen) atoms. The van der Waals surface area contributed by atoms with Gasteiger partial charge in [0.15, 0.2) is 15.3 Å². The highest BCUT2D eigenvalue weighted by molar-refractivity contribution is 9.11. The molecular formula is C31H37BrN2O4S3Si2. The first-order valence-electron chi connectivity index (χ1n) is 15.1. The molecule has 1 unspecified atom stereocenters. The number of aldehydes is 1. The Kier molecular flexibility index (Phi) is 11.2. The smallest absolute Gasteiger partial charge is 0.261 e. The van der Waals surface area contributed by atoms with Gasteiger partial charge in [-0.15, -0.1) is 34.0 Å². The van der Waals surface area contributed by atoms with E-state index in [0.717, 1.165) is 79.1 Å². The summed E-state index contributed by atoms with van der Waals surface area (Å²) in [6, 6.07) is 14.0. The van der Waals surface area contributed by atoms with E-state index in [9.17, 15) is 19.2 Å². The molecule has 0 saturated heterocycles. The van der Waals surface area contributed by atoms with E-state index in [1.807, 2.05) is 52.7 Å². The molecule has 0 bridgehead atoms. The molecule has 2 aliphatic rings. The van der Waals surface area contributed by atoms with Gasteiger partial charge in [-0.25, -0.2) is 0 Å². The van der Waals surface area contributed by atoms with Crippen molar-refractivity contribution in [2.75, 3.05) is 13.1 Å². The molecule has 6 nitrogen and oxygen atoms in total. The van der Waals surface area contributed by atoms with Crippen molar-refractivity contribution in [3.63, 3.8) is 0 Å². The molecule has 228 valence electrons. The lowest BCUT2D eigenvalue weighted by atomic mass is 10.1. The molecule has 1 atom stereocenters.